The van der Waals surface area contributed by atoms with Crippen molar-refractivity contribution in [1.82, 2.24) is 0 Å². The number of hydrogen-bond donors (Lipinski definition) is 0. The molecule has 0 unspecified atom stereocenters. The van der Waals surface area contributed by atoms with E-state index in [-0.39, 0.29) is 17.4 Å². The molecule has 1 aromatic carbocycles. The molecule has 3 heteroatoms. The van der Waals surface area contributed by atoms with E-state index in [2.05, 4.69) is 0 Å². The van der Waals surface area contributed by atoms with Crippen LogP contribution >= 0.6 is 0 Å². The van der Waals surface area contributed by atoms with Crippen molar-refractivity contribution in [1.29, 1.82) is 5.26 Å². The van der Waals surface area contributed by atoms with Crippen molar-refractivity contribution in [2.75, 3.05) is 0 Å². The fraction of sp³-hybridized carbons (Fsp3) is 0.364. The molecule has 1 aliphatic carbocycles. The van der Waals surface area contributed by atoms with E-state index in [0.29, 0.717) is 0 Å². The van der Waals surface area contributed by atoms with Crippen molar-refractivity contribution >= 4 is 0 Å². The normalized spacial score (nSPS) is 15.7. The number of rotatable bonds is 2. The van der Waals surface area contributed by atoms with E-state index in [1.807, 2.05) is 0 Å². The average molecular weight is 191 g/mol. The fourth-order valence-corrected chi connectivity index (χ4v) is 1.36. The Labute approximate surface area is 81.9 Å². The summed E-state index contributed by atoms with van der Waals surface area (Å²) in [5.41, 5.74) is 0.0434. The monoisotopic (exact) mass is 191 g/mol. The van der Waals surface area contributed by atoms with Gasteiger partial charge in [0.05, 0.1) is 11.7 Å². The quantitative estimate of drug-likeness (QED) is 0.719. The highest BCUT2D eigenvalue weighted by molar-refractivity contribution is 5.38. The lowest BCUT2D eigenvalue weighted by Crippen LogP contribution is -2.25. The number of benzene rings is 1. The van der Waals surface area contributed by atoms with Crippen LogP contribution in [-0.4, -0.2) is 6.10 Å². The first-order chi connectivity index (χ1) is 6.81. The molecule has 1 saturated carbocycles. The molecule has 0 heterocycles. The van der Waals surface area contributed by atoms with Crippen molar-refractivity contribution in [2.24, 2.45) is 0 Å². The van der Waals surface area contributed by atoms with Crippen LogP contribution < -0.4 is 4.74 Å². The number of nitriles is 1. The van der Waals surface area contributed by atoms with Crippen molar-refractivity contribution in [3.05, 3.63) is 29.6 Å². The van der Waals surface area contributed by atoms with E-state index >= 15 is 0 Å². The molecule has 0 aromatic heterocycles. The van der Waals surface area contributed by atoms with E-state index in [0.717, 1.165) is 19.3 Å². The first-order valence-electron chi connectivity index (χ1n) is 4.66. The van der Waals surface area contributed by atoms with Gasteiger partial charge in [-0.2, -0.15) is 5.26 Å². The van der Waals surface area contributed by atoms with E-state index in [1.54, 1.807) is 18.2 Å². The van der Waals surface area contributed by atoms with Crippen LogP contribution in [0.3, 0.4) is 0 Å². The van der Waals surface area contributed by atoms with E-state index < -0.39 is 5.82 Å². The molecule has 1 fully saturated rings. The van der Waals surface area contributed by atoms with Gasteiger partial charge in [0.15, 0.2) is 11.6 Å². The Bertz CT molecular complexity index is 379. The summed E-state index contributed by atoms with van der Waals surface area (Å²) in [4.78, 5) is 0. The molecule has 2 nitrogen and oxygen atoms in total. The third-order valence-corrected chi connectivity index (χ3v) is 2.43. The second-order valence-electron chi connectivity index (χ2n) is 3.40. The van der Waals surface area contributed by atoms with Gasteiger partial charge in [0, 0.05) is 0 Å². The minimum absolute atomic E-state index is 0.0434. The summed E-state index contributed by atoms with van der Waals surface area (Å²) in [6, 6.07) is 6.44. The summed E-state index contributed by atoms with van der Waals surface area (Å²) in [6.07, 6.45) is 3.25. The number of hydrogen-bond acceptors (Lipinski definition) is 2. The molecule has 14 heavy (non-hydrogen) atoms. The van der Waals surface area contributed by atoms with Gasteiger partial charge in [0.25, 0.3) is 0 Å². The van der Waals surface area contributed by atoms with E-state index in [4.69, 9.17) is 10.00 Å². The van der Waals surface area contributed by atoms with Gasteiger partial charge in [-0.15, -0.1) is 0 Å². The lowest BCUT2D eigenvalue weighted by atomic mass is 9.96. The van der Waals surface area contributed by atoms with Gasteiger partial charge in [-0.25, -0.2) is 4.39 Å². The van der Waals surface area contributed by atoms with Gasteiger partial charge in [0.2, 0.25) is 0 Å². The van der Waals surface area contributed by atoms with Gasteiger partial charge in [0.1, 0.15) is 6.07 Å². The second kappa shape index (κ2) is 3.67. The molecule has 1 aromatic rings. The molecule has 0 saturated heterocycles. The topological polar surface area (TPSA) is 33.0 Å². The molecule has 0 amide bonds. The van der Waals surface area contributed by atoms with Crippen LogP contribution in [0.5, 0.6) is 5.75 Å². The van der Waals surface area contributed by atoms with Crippen LogP contribution in [0.4, 0.5) is 4.39 Å². The Hall–Kier alpha value is -1.56. The van der Waals surface area contributed by atoms with Crippen molar-refractivity contribution in [2.45, 2.75) is 25.4 Å². The molecule has 0 spiro atoms. The predicted molar refractivity (Wildman–Crippen MR) is 49.4 cm³/mol. The SMILES string of the molecule is N#Cc1cccc(OC2CCC2)c1F. The van der Waals surface area contributed by atoms with Crippen LogP contribution in [0.2, 0.25) is 0 Å². The third kappa shape index (κ3) is 1.56. The van der Waals surface area contributed by atoms with E-state index in [1.165, 1.54) is 6.07 Å². The van der Waals surface area contributed by atoms with Gasteiger partial charge < -0.3 is 4.74 Å². The van der Waals surface area contributed by atoms with Gasteiger partial charge in [-0.05, 0) is 31.4 Å². The molecule has 2 rings (SSSR count). The molecule has 0 radical (unpaired) electrons. The smallest absolute Gasteiger partial charge is 0.182 e. The Morgan fingerprint density at radius 3 is 2.79 bits per heavy atom. The van der Waals surface area contributed by atoms with Gasteiger partial charge in [-0.1, -0.05) is 6.07 Å². The van der Waals surface area contributed by atoms with Crippen LogP contribution in [0.1, 0.15) is 24.8 Å². The lowest BCUT2D eigenvalue weighted by molar-refractivity contribution is 0.115. The highest BCUT2D eigenvalue weighted by atomic mass is 19.1. The Morgan fingerprint density at radius 1 is 1.43 bits per heavy atom. The maximum Gasteiger partial charge on any atom is 0.182 e. The number of ether oxygens (including phenoxy) is 1. The zero-order chi connectivity index (χ0) is 9.97. The van der Waals surface area contributed by atoms with Gasteiger partial charge >= 0.3 is 0 Å². The summed E-state index contributed by atoms with van der Waals surface area (Å²) in [6.45, 7) is 0. The molecule has 0 N–H and O–H groups in total. The van der Waals surface area contributed by atoms with Crippen LogP contribution in [0, 0.1) is 17.1 Å². The average Bonchev–Trinajstić information content (AvgIpc) is 2.13. The summed E-state index contributed by atoms with van der Waals surface area (Å²) in [7, 11) is 0. The standard InChI is InChI=1S/C11H10FNO/c12-11-8(7-13)3-1-6-10(11)14-9-4-2-5-9/h1,3,6,9H,2,4-5H2. The van der Waals surface area contributed by atoms with Crippen LogP contribution in [0.15, 0.2) is 18.2 Å². The van der Waals surface area contributed by atoms with Crippen LogP contribution in [-0.2, 0) is 0 Å². The zero-order valence-electron chi connectivity index (χ0n) is 7.66. The fourth-order valence-electron chi connectivity index (χ4n) is 1.36. The molecule has 0 bridgehead atoms. The highest BCUT2D eigenvalue weighted by Gasteiger charge is 2.21. The highest BCUT2D eigenvalue weighted by Crippen LogP contribution is 2.27. The number of halogens is 1. The molecular weight excluding hydrogens is 181 g/mol. The number of nitrogens with zero attached hydrogens (tertiary/aromatic N) is 1. The van der Waals surface area contributed by atoms with Crippen molar-refractivity contribution in [3.63, 3.8) is 0 Å². The summed E-state index contributed by atoms with van der Waals surface area (Å²) in [5.74, 6) is -0.337. The molecule has 72 valence electrons. The largest absolute Gasteiger partial charge is 0.487 e. The maximum atomic E-state index is 13.4. The third-order valence-electron chi connectivity index (χ3n) is 2.43. The summed E-state index contributed by atoms with van der Waals surface area (Å²) < 4.78 is 18.8. The lowest BCUT2D eigenvalue weighted by Gasteiger charge is -2.26. The zero-order valence-corrected chi connectivity index (χ0v) is 7.66. The van der Waals surface area contributed by atoms with Gasteiger partial charge in [-0.3, -0.25) is 0 Å². The Balaban J connectivity index is 2.20. The maximum absolute atomic E-state index is 13.4. The first-order valence-corrected chi connectivity index (χ1v) is 4.66. The summed E-state index contributed by atoms with van der Waals surface area (Å²) in [5, 5.41) is 8.60. The van der Waals surface area contributed by atoms with E-state index in [9.17, 15) is 4.39 Å². The second-order valence-corrected chi connectivity index (χ2v) is 3.40. The van der Waals surface area contributed by atoms with Crippen LogP contribution in [0.25, 0.3) is 0 Å². The summed E-state index contributed by atoms with van der Waals surface area (Å²) >= 11 is 0. The molecular formula is C11H10FNO. The van der Waals surface area contributed by atoms with Crippen molar-refractivity contribution < 1.29 is 9.13 Å². The molecule has 0 atom stereocenters. The van der Waals surface area contributed by atoms with Crippen molar-refractivity contribution in [3.8, 4) is 11.8 Å². The Kier molecular flexibility index (Phi) is 2.36. The molecule has 0 aliphatic heterocycles. The minimum atomic E-state index is -0.540. The first kappa shape index (κ1) is 9.01. The molecule has 1 aliphatic rings. The Morgan fingerprint density at radius 2 is 2.21 bits per heavy atom. The predicted octanol–water partition coefficient (Wildman–Crippen LogP) is 2.63. The minimum Gasteiger partial charge on any atom is -0.487 e.